The molecule has 2 aromatic carbocycles. The fourth-order valence-electron chi connectivity index (χ4n) is 2.28. The second-order valence-corrected chi connectivity index (χ2v) is 7.43. The largest absolute Gasteiger partial charge is 0.493 e. The van der Waals surface area contributed by atoms with E-state index in [-0.39, 0.29) is 12.3 Å². The number of aliphatic imine (C=N–C) groups is 1. The molecule has 140 valence electrons. The van der Waals surface area contributed by atoms with Crippen molar-refractivity contribution < 1.29 is 17.9 Å². The monoisotopic (exact) mass is 377 g/mol. The summed E-state index contributed by atoms with van der Waals surface area (Å²) < 4.78 is 35.0. The maximum absolute atomic E-state index is 12.3. The van der Waals surface area contributed by atoms with Crippen molar-refractivity contribution in [2.45, 2.75) is 4.90 Å². The Hall–Kier alpha value is -2.74. The van der Waals surface area contributed by atoms with Crippen LogP contribution in [0.1, 0.15) is 0 Å². The van der Waals surface area contributed by atoms with Crippen molar-refractivity contribution in [2.75, 3.05) is 38.9 Å². The second kappa shape index (κ2) is 9.10. The number of anilines is 1. The molecule has 2 aromatic rings. The van der Waals surface area contributed by atoms with E-state index in [0.717, 1.165) is 5.69 Å². The van der Waals surface area contributed by atoms with Gasteiger partial charge in [-0.3, -0.25) is 4.99 Å². The van der Waals surface area contributed by atoms with Gasteiger partial charge in [-0.1, -0.05) is 18.2 Å². The average Bonchev–Trinajstić information content (AvgIpc) is 2.67. The second-order valence-electron chi connectivity index (χ2n) is 5.33. The van der Waals surface area contributed by atoms with Crippen LogP contribution in [0.25, 0.3) is 0 Å². The first-order valence-corrected chi connectivity index (χ1v) is 9.63. The third kappa shape index (κ3) is 5.13. The molecule has 0 aliphatic carbocycles. The first-order valence-electron chi connectivity index (χ1n) is 7.97. The van der Waals surface area contributed by atoms with Gasteiger partial charge in [-0.25, -0.2) is 8.42 Å². The maximum atomic E-state index is 12.3. The molecule has 7 nitrogen and oxygen atoms in total. The zero-order chi connectivity index (χ0) is 19.0. The Labute approximate surface area is 154 Å². The van der Waals surface area contributed by atoms with E-state index in [9.17, 15) is 8.42 Å². The minimum atomic E-state index is -3.34. The van der Waals surface area contributed by atoms with Crippen molar-refractivity contribution >= 4 is 21.5 Å². The number of nitrogens with zero attached hydrogens (tertiary/aromatic N) is 1. The Bertz CT molecular complexity index is 852. The van der Waals surface area contributed by atoms with Gasteiger partial charge in [-0.15, -0.1) is 0 Å². The van der Waals surface area contributed by atoms with Crippen LogP contribution in [0.4, 0.5) is 5.69 Å². The zero-order valence-corrected chi connectivity index (χ0v) is 15.8. The van der Waals surface area contributed by atoms with Crippen molar-refractivity contribution in [1.82, 2.24) is 5.32 Å². The number of benzene rings is 2. The summed E-state index contributed by atoms with van der Waals surface area (Å²) in [7, 11) is 1.40. The minimum absolute atomic E-state index is 0.0380. The molecule has 2 rings (SSSR count). The number of rotatable bonds is 7. The number of ether oxygens (including phenoxy) is 2. The van der Waals surface area contributed by atoms with Crippen LogP contribution in [-0.4, -0.2) is 47.9 Å². The van der Waals surface area contributed by atoms with E-state index in [2.05, 4.69) is 15.6 Å². The summed E-state index contributed by atoms with van der Waals surface area (Å²) in [6.45, 7) is 0.226. The fraction of sp³-hybridized carbons (Fsp3) is 0.278. The lowest BCUT2D eigenvalue weighted by Crippen LogP contribution is -2.34. The summed E-state index contributed by atoms with van der Waals surface area (Å²) in [6, 6.07) is 13.7. The lowest BCUT2D eigenvalue weighted by molar-refractivity contribution is 0.355. The molecule has 0 heterocycles. The van der Waals surface area contributed by atoms with E-state index in [1.165, 1.54) is 0 Å². The smallest absolute Gasteiger partial charge is 0.195 e. The Morgan fingerprint density at radius 2 is 1.73 bits per heavy atom. The molecular weight excluding hydrogens is 354 g/mol. The van der Waals surface area contributed by atoms with Crippen LogP contribution in [0, 0.1) is 0 Å². The summed E-state index contributed by atoms with van der Waals surface area (Å²) in [4.78, 5) is 4.41. The molecule has 0 saturated heterocycles. The molecule has 0 fully saturated rings. The van der Waals surface area contributed by atoms with E-state index in [1.807, 2.05) is 6.07 Å². The van der Waals surface area contributed by atoms with Crippen molar-refractivity contribution in [3.05, 3.63) is 48.5 Å². The van der Waals surface area contributed by atoms with Gasteiger partial charge in [0.25, 0.3) is 0 Å². The lowest BCUT2D eigenvalue weighted by Gasteiger charge is -2.14. The van der Waals surface area contributed by atoms with Gasteiger partial charge in [-0.05, 0) is 24.3 Å². The van der Waals surface area contributed by atoms with Crippen molar-refractivity contribution in [3.63, 3.8) is 0 Å². The van der Waals surface area contributed by atoms with E-state index in [0.29, 0.717) is 22.4 Å². The molecule has 0 aromatic heterocycles. The summed E-state index contributed by atoms with van der Waals surface area (Å²) in [6.07, 6.45) is 0. The van der Waals surface area contributed by atoms with Crippen LogP contribution in [0.2, 0.25) is 0 Å². The van der Waals surface area contributed by atoms with Crippen LogP contribution >= 0.6 is 0 Å². The molecule has 0 bridgehead atoms. The lowest BCUT2D eigenvalue weighted by atomic mass is 10.3. The number of hydrogen-bond donors (Lipinski definition) is 2. The predicted octanol–water partition coefficient (Wildman–Crippen LogP) is 2.16. The van der Waals surface area contributed by atoms with Gasteiger partial charge in [0.15, 0.2) is 27.3 Å². The van der Waals surface area contributed by atoms with Crippen LogP contribution in [0.5, 0.6) is 11.5 Å². The molecule has 0 aliphatic rings. The third-order valence-corrected chi connectivity index (χ3v) is 5.37. The van der Waals surface area contributed by atoms with Crippen LogP contribution in [-0.2, 0) is 9.84 Å². The van der Waals surface area contributed by atoms with Gasteiger partial charge in [-0.2, -0.15) is 0 Å². The number of sulfone groups is 1. The normalized spacial score (nSPS) is 11.7. The van der Waals surface area contributed by atoms with Crippen molar-refractivity contribution in [3.8, 4) is 11.5 Å². The first kappa shape index (κ1) is 19.6. The standard InChI is InChI=1S/C18H23N3O4S/c1-19-18(21-14-9-10-16(24-2)17(13-14)25-3)20-11-12-26(22,23)15-7-5-4-6-8-15/h4-10,13H,11-12H2,1-3H3,(H2,19,20,21). The van der Waals surface area contributed by atoms with Crippen molar-refractivity contribution in [2.24, 2.45) is 4.99 Å². The average molecular weight is 377 g/mol. The molecule has 2 N–H and O–H groups in total. The van der Waals surface area contributed by atoms with Gasteiger partial charge in [0.1, 0.15) is 0 Å². The molecule has 0 aliphatic heterocycles. The highest BCUT2D eigenvalue weighted by Crippen LogP contribution is 2.29. The van der Waals surface area contributed by atoms with Gasteiger partial charge < -0.3 is 20.1 Å². The van der Waals surface area contributed by atoms with Crippen molar-refractivity contribution in [1.29, 1.82) is 0 Å². The molecule has 8 heteroatoms. The molecular formula is C18H23N3O4S. The van der Waals surface area contributed by atoms with Gasteiger partial charge in [0.2, 0.25) is 0 Å². The minimum Gasteiger partial charge on any atom is -0.493 e. The number of methoxy groups -OCH3 is 2. The SMILES string of the molecule is CN=C(NCCS(=O)(=O)c1ccccc1)Nc1ccc(OC)c(OC)c1. The zero-order valence-electron chi connectivity index (χ0n) is 15.0. The van der Waals surface area contributed by atoms with Gasteiger partial charge >= 0.3 is 0 Å². The molecule has 0 saturated carbocycles. The highest BCUT2D eigenvalue weighted by molar-refractivity contribution is 7.91. The van der Waals surface area contributed by atoms with Crippen LogP contribution in [0.3, 0.4) is 0 Å². The number of hydrogen-bond acceptors (Lipinski definition) is 5. The van der Waals surface area contributed by atoms with Gasteiger partial charge in [0.05, 0.1) is 24.9 Å². The molecule has 0 spiro atoms. The molecule has 26 heavy (non-hydrogen) atoms. The van der Waals surface area contributed by atoms with Gasteiger partial charge in [0, 0.05) is 25.3 Å². The molecule has 0 atom stereocenters. The number of guanidine groups is 1. The van der Waals surface area contributed by atoms with Crippen LogP contribution in [0.15, 0.2) is 58.4 Å². The molecule has 0 radical (unpaired) electrons. The predicted molar refractivity (Wildman–Crippen MR) is 103 cm³/mol. The summed E-state index contributed by atoms with van der Waals surface area (Å²) in [5, 5.41) is 6.09. The molecule has 0 amide bonds. The Morgan fingerprint density at radius 1 is 1.04 bits per heavy atom. The highest BCUT2D eigenvalue weighted by atomic mass is 32.2. The molecule has 0 unspecified atom stereocenters. The Kier molecular flexibility index (Phi) is 6.85. The fourth-order valence-corrected chi connectivity index (χ4v) is 3.46. The summed E-state index contributed by atoms with van der Waals surface area (Å²) >= 11 is 0. The first-order chi connectivity index (χ1) is 12.5. The topological polar surface area (TPSA) is 89.0 Å². The van der Waals surface area contributed by atoms with E-state index >= 15 is 0 Å². The summed E-state index contributed by atoms with van der Waals surface area (Å²) in [5.74, 6) is 1.62. The third-order valence-electron chi connectivity index (χ3n) is 3.64. The highest BCUT2D eigenvalue weighted by Gasteiger charge is 2.14. The maximum Gasteiger partial charge on any atom is 0.195 e. The Balaban J connectivity index is 1.96. The number of nitrogens with one attached hydrogen (secondary N) is 2. The quantitative estimate of drug-likeness (QED) is 0.568. The van der Waals surface area contributed by atoms with Crippen LogP contribution < -0.4 is 20.1 Å². The van der Waals surface area contributed by atoms with E-state index in [4.69, 9.17) is 9.47 Å². The van der Waals surface area contributed by atoms with E-state index < -0.39 is 9.84 Å². The summed E-state index contributed by atoms with van der Waals surface area (Å²) in [5.41, 5.74) is 0.738. The Morgan fingerprint density at radius 3 is 2.35 bits per heavy atom. The van der Waals surface area contributed by atoms with E-state index in [1.54, 1.807) is 63.7 Å².